The van der Waals surface area contributed by atoms with Crippen LogP contribution in [0.25, 0.3) is 0 Å². The van der Waals surface area contributed by atoms with E-state index in [2.05, 4.69) is 10.3 Å². The molecule has 5 heteroatoms. The fourth-order valence-electron chi connectivity index (χ4n) is 2.55. The largest absolute Gasteiger partial charge is 0.497 e. The molecule has 1 aromatic heterocycles. The summed E-state index contributed by atoms with van der Waals surface area (Å²) in [6.07, 6.45) is 3.87. The first-order valence-corrected chi connectivity index (χ1v) is 8.73. The Balaban J connectivity index is 1.44. The number of hydrogen-bond acceptors (Lipinski definition) is 4. The van der Waals surface area contributed by atoms with E-state index in [-0.39, 0.29) is 5.91 Å². The van der Waals surface area contributed by atoms with Crippen LogP contribution in [0.5, 0.6) is 11.5 Å². The van der Waals surface area contributed by atoms with Gasteiger partial charge in [-0.05, 0) is 41.5 Å². The number of hydrogen-bond donors (Lipinski definition) is 1. The second-order valence-electron chi connectivity index (χ2n) is 6.10. The summed E-state index contributed by atoms with van der Waals surface area (Å²) in [7, 11) is 1.62. The SMILES string of the molecule is COc1ccc(CC(=O)NCc2ccc(OCc3cccnc3)cc2)cc1. The molecule has 1 amide bonds. The minimum Gasteiger partial charge on any atom is -0.497 e. The van der Waals surface area contributed by atoms with Gasteiger partial charge in [-0.25, -0.2) is 0 Å². The van der Waals surface area contributed by atoms with Crippen molar-refractivity contribution >= 4 is 5.91 Å². The van der Waals surface area contributed by atoms with Gasteiger partial charge in [-0.3, -0.25) is 9.78 Å². The van der Waals surface area contributed by atoms with E-state index in [1.165, 1.54) is 0 Å². The van der Waals surface area contributed by atoms with Crippen LogP contribution >= 0.6 is 0 Å². The summed E-state index contributed by atoms with van der Waals surface area (Å²) in [5.74, 6) is 1.55. The van der Waals surface area contributed by atoms with Gasteiger partial charge >= 0.3 is 0 Å². The maximum absolute atomic E-state index is 12.1. The fourth-order valence-corrected chi connectivity index (χ4v) is 2.55. The Morgan fingerprint density at radius 2 is 1.63 bits per heavy atom. The van der Waals surface area contributed by atoms with Crippen molar-refractivity contribution in [3.8, 4) is 11.5 Å². The second-order valence-corrected chi connectivity index (χ2v) is 6.10. The number of carbonyl (C=O) groups excluding carboxylic acids is 1. The molecule has 3 rings (SSSR count). The lowest BCUT2D eigenvalue weighted by atomic mass is 10.1. The van der Waals surface area contributed by atoms with Crippen molar-refractivity contribution in [2.75, 3.05) is 7.11 Å². The summed E-state index contributed by atoms with van der Waals surface area (Å²) in [5.41, 5.74) is 2.99. The molecule has 0 spiro atoms. The molecular formula is C22H22N2O3. The lowest BCUT2D eigenvalue weighted by Gasteiger charge is -2.09. The van der Waals surface area contributed by atoms with Crippen molar-refractivity contribution in [1.29, 1.82) is 0 Å². The van der Waals surface area contributed by atoms with Crippen molar-refractivity contribution in [3.05, 3.63) is 89.7 Å². The lowest BCUT2D eigenvalue weighted by Crippen LogP contribution is -2.24. The van der Waals surface area contributed by atoms with Crippen molar-refractivity contribution in [2.45, 2.75) is 19.6 Å². The van der Waals surface area contributed by atoms with Crippen molar-refractivity contribution in [3.63, 3.8) is 0 Å². The van der Waals surface area contributed by atoms with E-state index in [0.29, 0.717) is 19.6 Å². The highest BCUT2D eigenvalue weighted by atomic mass is 16.5. The summed E-state index contributed by atoms with van der Waals surface area (Å²) in [6, 6.07) is 19.1. The van der Waals surface area contributed by atoms with Crippen LogP contribution in [-0.4, -0.2) is 18.0 Å². The van der Waals surface area contributed by atoms with E-state index < -0.39 is 0 Å². The van der Waals surface area contributed by atoms with Crippen LogP contribution in [0.1, 0.15) is 16.7 Å². The number of carbonyl (C=O) groups is 1. The lowest BCUT2D eigenvalue weighted by molar-refractivity contribution is -0.120. The topological polar surface area (TPSA) is 60.5 Å². The number of nitrogens with zero attached hydrogens (tertiary/aromatic N) is 1. The predicted molar refractivity (Wildman–Crippen MR) is 104 cm³/mol. The maximum atomic E-state index is 12.1. The summed E-state index contributed by atoms with van der Waals surface area (Å²) >= 11 is 0. The number of aromatic nitrogens is 1. The van der Waals surface area contributed by atoms with Gasteiger partial charge in [-0.1, -0.05) is 30.3 Å². The monoisotopic (exact) mass is 362 g/mol. The Labute approximate surface area is 159 Å². The molecule has 0 saturated carbocycles. The Morgan fingerprint density at radius 3 is 2.30 bits per heavy atom. The number of benzene rings is 2. The third-order valence-electron chi connectivity index (χ3n) is 4.07. The van der Waals surface area contributed by atoms with Crippen LogP contribution in [0.3, 0.4) is 0 Å². The molecule has 0 aliphatic rings. The van der Waals surface area contributed by atoms with Gasteiger partial charge in [0.15, 0.2) is 0 Å². The van der Waals surface area contributed by atoms with Gasteiger partial charge in [-0.15, -0.1) is 0 Å². The zero-order valence-corrected chi connectivity index (χ0v) is 15.2. The Kier molecular flexibility index (Phi) is 6.41. The van der Waals surface area contributed by atoms with Crippen molar-refractivity contribution in [1.82, 2.24) is 10.3 Å². The number of pyridine rings is 1. The van der Waals surface area contributed by atoms with E-state index in [1.54, 1.807) is 19.5 Å². The number of ether oxygens (including phenoxy) is 2. The maximum Gasteiger partial charge on any atom is 0.224 e. The van der Waals surface area contributed by atoms with Crippen molar-refractivity contribution < 1.29 is 14.3 Å². The van der Waals surface area contributed by atoms with Crippen LogP contribution in [0.4, 0.5) is 0 Å². The zero-order chi connectivity index (χ0) is 18.9. The van der Waals surface area contributed by atoms with Crippen LogP contribution in [0.2, 0.25) is 0 Å². The van der Waals surface area contributed by atoms with E-state index in [9.17, 15) is 4.79 Å². The average molecular weight is 362 g/mol. The Morgan fingerprint density at radius 1 is 0.926 bits per heavy atom. The average Bonchev–Trinajstić information content (AvgIpc) is 2.73. The molecule has 2 aromatic carbocycles. The standard InChI is InChI=1S/C22H22N2O3/c1-26-20-8-4-17(5-9-20)13-22(25)24-15-18-6-10-21(11-7-18)27-16-19-3-2-12-23-14-19/h2-12,14H,13,15-16H2,1H3,(H,24,25). The quantitative estimate of drug-likeness (QED) is 0.666. The van der Waals surface area contributed by atoms with Gasteiger partial charge in [0.25, 0.3) is 0 Å². The summed E-state index contributed by atoms with van der Waals surface area (Å²) in [6.45, 7) is 0.962. The molecule has 0 aliphatic heterocycles. The van der Waals surface area contributed by atoms with Crippen LogP contribution in [-0.2, 0) is 24.4 Å². The highest BCUT2D eigenvalue weighted by molar-refractivity contribution is 5.78. The van der Waals surface area contributed by atoms with Gasteiger partial charge in [0, 0.05) is 24.5 Å². The third-order valence-corrected chi connectivity index (χ3v) is 4.07. The smallest absolute Gasteiger partial charge is 0.224 e. The molecule has 0 radical (unpaired) electrons. The van der Waals surface area contributed by atoms with Gasteiger partial charge in [0.2, 0.25) is 5.91 Å². The zero-order valence-electron chi connectivity index (χ0n) is 15.2. The molecule has 1 N–H and O–H groups in total. The molecule has 0 fully saturated rings. The van der Waals surface area contributed by atoms with Gasteiger partial charge in [-0.2, -0.15) is 0 Å². The summed E-state index contributed by atoms with van der Waals surface area (Å²) < 4.78 is 10.9. The normalized spacial score (nSPS) is 10.3. The number of rotatable bonds is 8. The number of methoxy groups -OCH3 is 1. The molecule has 27 heavy (non-hydrogen) atoms. The molecular weight excluding hydrogens is 340 g/mol. The molecule has 0 saturated heterocycles. The van der Waals surface area contributed by atoms with E-state index in [1.807, 2.05) is 60.7 Å². The van der Waals surface area contributed by atoms with E-state index in [4.69, 9.17) is 9.47 Å². The van der Waals surface area contributed by atoms with E-state index in [0.717, 1.165) is 28.2 Å². The summed E-state index contributed by atoms with van der Waals surface area (Å²) in [4.78, 5) is 16.2. The molecule has 0 unspecified atom stereocenters. The highest BCUT2D eigenvalue weighted by Crippen LogP contribution is 2.14. The number of amides is 1. The molecule has 5 nitrogen and oxygen atoms in total. The molecule has 138 valence electrons. The molecule has 3 aromatic rings. The summed E-state index contributed by atoms with van der Waals surface area (Å²) in [5, 5.41) is 2.93. The third kappa shape index (κ3) is 5.85. The predicted octanol–water partition coefficient (Wildman–Crippen LogP) is 3.53. The minimum absolute atomic E-state index is 0.0166. The molecule has 0 bridgehead atoms. The van der Waals surface area contributed by atoms with Crippen LogP contribution in [0.15, 0.2) is 73.1 Å². The molecule has 0 atom stereocenters. The minimum atomic E-state index is -0.0166. The number of nitrogens with one attached hydrogen (secondary N) is 1. The van der Waals surface area contributed by atoms with Crippen LogP contribution in [0, 0.1) is 0 Å². The molecule has 0 aliphatic carbocycles. The van der Waals surface area contributed by atoms with Gasteiger partial charge < -0.3 is 14.8 Å². The van der Waals surface area contributed by atoms with Crippen molar-refractivity contribution in [2.24, 2.45) is 0 Å². The Bertz CT molecular complexity index is 847. The second kappa shape index (κ2) is 9.38. The highest BCUT2D eigenvalue weighted by Gasteiger charge is 2.04. The van der Waals surface area contributed by atoms with Gasteiger partial charge in [0.1, 0.15) is 18.1 Å². The van der Waals surface area contributed by atoms with Crippen LogP contribution < -0.4 is 14.8 Å². The first kappa shape index (κ1) is 18.5. The first-order chi connectivity index (χ1) is 13.2. The van der Waals surface area contributed by atoms with Gasteiger partial charge in [0.05, 0.1) is 13.5 Å². The first-order valence-electron chi connectivity index (χ1n) is 8.73. The fraction of sp³-hybridized carbons (Fsp3) is 0.182. The van der Waals surface area contributed by atoms with E-state index >= 15 is 0 Å². The Hall–Kier alpha value is -3.34. The molecule has 1 heterocycles.